The molecule has 2 N–H and O–H groups in total. The fraction of sp³-hybridized carbons (Fsp3) is 0.345. The van der Waals surface area contributed by atoms with Crippen molar-refractivity contribution >= 4 is 35.9 Å². The van der Waals surface area contributed by atoms with Crippen molar-refractivity contribution in [3.8, 4) is 0 Å². The quantitative estimate of drug-likeness (QED) is 0.340. The van der Waals surface area contributed by atoms with Crippen LogP contribution in [0, 0.1) is 0 Å². The number of aromatic carboxylic acids is 1. The molecule has 1 saturated heterocycles. The van der Waals surface area contributed by atoms with Gasteiger partial charge in [0.15, 0.2) is 0 Å². The number of anilines is 2. The van der Waals surface area contributed by atoms with Gasteiger partial charge in [-0.25, -0.2) is 19.6 Å². The van der Waals surface area contributed by atoms with Gasteiger partial charge >= 0.3 is 18.2 Å². The number of carbonyl (C=O) groups excluding carboxylic acids is 1. The number of carboxylic acid groups (broad SMARTS) is 1. The summed E-state index contributed by atoms with van der Waals surface area (Å²) in [6.07, 6.45) is 0.897. The fourth-order valence-corrected chi connectivity index (χ4v) is 4.33. The number of benzene rings is 1. The first kappa shape index (κ1) is 29.5. The number of nitrogens with one attached hydrogen (secondary N) is 1. The van der Waals surface area contributed by atoms with Crippen LogP contribution in [0.1, 0.15) is 72.4 Å². The molecule has 1 aliphatic rings. The lowest BCUT2D eigenvalue weighted by Crippen LogP contribution is -2.41. The van der Waals surface area contributed by atoms with E-state index in [0.29, 0.717) is 25.0 Å². The van der Waals surface area contributed by atoms with Gasteiger partial charge in [0.2, 0.25) is 5.95 Å². The molecule has 0 spiro atoms. The number of nitrogens with zero attached hydrogens (tertiary/aromatic N) is 4. The Morgan fingerprint density at radius 3 is 2.34 bits per heavy atom. The number of hydrogen-bond acceptors (Lipinski definition) is 7. The van der Waals surface area contributed by atoms with Gasteiger partial charge in [0.25, 0.3) is 0 Å². The van der Waals surface area contributed by atoms with Crippen molar-refractivity contribution in [2.24, 2.45) is 0 Å². The van der Waals surface area contributed by atoms with E-state index < -0.39 is 29.0 Å². The lowest BCUT2D eigenvalue weighted by molar-refractivity contribution is -0.138. The van der Waals surface area contributed by atoms with Crippen molar-refractivity contribution in [3.63, 3.8) is 0 Å². The number of carboxylic acids is 1. The van der Waals surface area contributed by atoms with Gasteiger partial charge in [-0.3, -0.25) is 4.98 Å². The molecule has 0 unspecified atom stereocenters. The molecule has 1 fully saturated rings. The SMILES string of the molecule is CC(C)(C)OC(=O)N1CCC(c2ccc(Nc3ncc(C(F)(F)F)c(C=Cc4cc(C(=O)O)ccn4)n3)cc2)CC1. The normalized spacial score (nSPS) is 14.7. The molecule has 3 heterocycles. The molecule has 1 amide bonds. The van der Waals surface area contributed by atoms with Crippen LogP contribution in [-0.2, 0) is 10.9 Å². The fourth-order valence-electron chi connectivity index (χ4n) is 4.33. The Labute approximate surface area is 235 Å². The van der Waals surface area contributed by atoms with Crippen molar-refractivity contribution in [1.29, 1.82) is 0 Å². The summed E-state index contributed by atoms with van der Waals surface area (Å²) in [5, 5.41) is 12.1. The summed E-state index contributed by atoms with van der Waals surface area (Å²) >= 11 is 0. The monoisotopic (exact) mass is 569 g/mol. The third kappa shape index (κ3) is 8.03. The van der Waals surface area contributed by atoms with Crippen LogP contribution in [0.4, 0.5) is 29.6 Å². The first-order valence-electron chi connectivity index (χ1n) is 12.9. The smallest absolute Gasteiger partial charge is 0.419 e. The van der Waals surface area contributed by atoms with Crippen LogP contribution in [-0.4, -0.2) is 55.7 Å². The zero-order valence-electron chi connectivity index (χ0n) is 22.8. The predicted octanol–water partition coefficient (Wildman–Crippen LogP) is 6.62. The Morgan fingerprint density at radius 1 is 1.05 bits per heavy atom. The molecule has 0 aliphatic carbocycles. The van der Waals surface area contributed by atoms with Crippen LogP contribution < -0.4 is 5.32 Å². The van der Waals surface area contributed by atoms with E-state index in [1.54, 1.807) is 17.0 Å². The molecule has 41 heavy (non-hydrogen) atoms. The maximum absolute atomic E-state index is 13.6. The highest BCUT2D eigenvalue weighted by Gasteiger charge is 2.34. The molecule has 12 heteroatoms. The second-order valence-corrected chi connectivity index (χ2v) is 10.6. The van der Waals surface area contributed by atoms with Crippen LogP contribution in [0.25, 0.3) is 12.2 Å². The van der Waals surface area contributed by atoms with Crippen LogP contribution >= 0.6 is 0 Å². The molecule has 9 nitrogen and oxygen atoms in total. The molecule has 1 aromatic carbocycles. The summed E-state index contributed by atoms with van der Waals surface area (Å²) in [5.74, 6) is -0.956. The number of pyridine rings is 1. The minimum Gasteiger partial charge on any atom is -0.478 e. The Kier molecular flexibility index (Phi) is 8.60. The predicted molar refractivity (Wildman–Crippen MR) is 147 cm³/mol. The number of halogens is 3. The standard InChI is InChI=1S/C29H30F3N5O4/c1-28(2,3)41-27(40)37-14-11-19(12-15-37)18-4-6-21(7-5-18)35-26-34-17-23(29(30,31)32)24(36-26)9-8-22-16-20(25(38)39)10-13-33-22/h4-10,13,16-17,19H,11-12,14-15H2,1-3H3,(H,38,39)(H,34,35,36). The van der Waals surface area contributed by atoms with E-state index in [1.165, 1.54) is 24.4 Å². The Balaban J connectivity index is 1.45. The van der Waals surface area contributed by atoms with Gasteiger partial charge in [0.05, 0.1) is 22.5 Å². The highest BCUT2D eigenvalue weighted by atomic mass is 19.4. The van der Waals surface area contributed by atoms with Gasteiger partial charge in [0.1, 0.15) is 5.60 Å². The molecule has 3 aromatic rings. The van der Waals surface area contributed by atoms with E-state index in [0.717, 1.165) is 24.5 Å². The van der Waals surface area contributed by atoms with Gasteiger partial charge in [-0.2, -0.15) is 13.2 Å². The van der Waals surface area contributed by atoms with Crippen molar-refractivity contribution in [2.45, 2.75) is 51.3 Å². The molecule has 0 saturated carbocycles. The number of carbonyl (C=O) groups is 2. The largest absolute Gasteiger partial charge is 0.478 e. The maximum atomic E-state index is 13.6. The molecule has 0 radical (unpaired) electrons. The molecule has 4 rings (SSSR count). The minimum absolute atomic E-state index is 0.0386. The van der Waals surface area contributed by atoms with E-state index in [1.807, 2.05) is 32.9 Å². The van der Waals surface area contributed by atoms with Gasteiger partial charge in [-0.1, -0.05) is 12.1 Å². The first-order valence-corrected chi connectivity index (χ1v) is 12.9. The lowest BCUT2D eigenvalue weighted by Gasteiger charge is -2.33. The number of ether oxygens (including phenoxy) is 1. The van der Waals surface area contributed by atoms with E-state index in [4.69, 9.17) is 9.84 Å². The van der Waals surface area contributed by atoms with Crippen LogP contribution in [0.15, 0.2) is 48.8 Å². The molecule has 216 valence electrons. The van der Waals surface area contributed by atoms with Crippen molar-refractivity contribution in [1.82, 2.24) is 19.9 Å². The molecular formula is C29H30F3N5O4. The van der Waals surface area contributed by atoms with Crippen molar-refractivity contribution in [3.05, 3.63) is 76.9 Å². The summed E-state index contributed by atoms with van der Waals surface area (Å²) < 4.78 is 46.3. The summed E-state index contributed by atoms with van der Waals surface area (Å²) in [6.45, 7) is 6.68. The molecule has 0 bridgehead atoms. The zero-order chi connectivity index (χ0) is 29.8. The van der Waals surface area contributed by atoms with Crippen LogP contribution in [0.5, 0.6) is 0 Å². The summed E-state index contributed by atoms with van der Waals surface area (Å²) in [7, 11) is 0. The third-order valence-electron chi connectivity index (χ3n) is 6.35. The average molecular weight is 570 g/mol. The van der Waals surface area contributed by atoms with E-state index in [9.17, 15) is 22.8 Å². The number of hydrogen-bond donors (Lipinski definition) is 2. The Morgan fingerprint density at radius 2 is 1.73 bits per heavy atom. The second-order valence-electron chi connectivity index (χ2n) is 10.6. The maximum Gasteiger partial charge on any atom is 0.419 e. The lowest BCUT2D eigenvalue weighted by atomic mass is 9.89. The summed E-state index contributed by atoms with van der Waals surface area (Å²) in [6, 6.07) is 9.99. The Hall–Kier alpha value is -4.48. The van der Waals surface area contributed by atoms with Gasteiger partial charge in [-0.15, -0.1) is 0 Å². The average Bonchev–Trinajstić information content (AvgIpc) is 2.91. The van der Waals surface area contributed by atoms with E-state index in [-0.39, 0.29) is 29.2 Å². The zero-order valence-corrected chi connectivity index (χ0v) is 22.8. The van der Waals surface area contributed by atoms with E-state index in [2.05, 4.69) is 20.3 Å². The van der Waals surface area contributed by atoms with E-state index >= 15 is 0 Å². The molecule has 2 aromatic heterocycles. The number of rotatable bonds is 6. The molecular weight excluding hydrogens is 539 g/mol. The third-order valence-corrected chi connectivity index (χ3v) is 6.35. The number of likely N-dealkylation sites (tertiary alicyclic amines) is 1. The second kappa shape index (κ2) is 11.9. The van der Waals surface area contributed by atoms with Gasteiger partial charge in [0, 0.05) is 31.2 Å². The highest BCUT2D eigenvalue weighted by molar-refractivity contribution is 5.88. The number of piperidine rings is 1. The number of amides is 1. The van der Waals surface area contributed by atoms with Crippen molar-refractivity contribution < 1.29 is 32.6 Å². The van der Waals surface area contributed by atoms with Crippen molar-refractivity contribution in [2.75, 3.05) is 18.4 Å². The van der Waals surface area contributed by atoms with Crippen LogP contribution in [0.2, 0.25) is 0 Å². The highest BCUT2D eigenvalue weighted by Crippen LogP contribution is 2.33. The van der Waals surface area contributed by atoms with Gasteiger partial charge in [-0.05, 0) is 81.5 Å². The molecule has 1 aliphatic heterocycles. The Bertz CT molecular complexity index is 1430. The van der Waals surface area contributed by atoms with Crippen LogP contribution in [0.3, 0.4) is 0 Å². The summed E-state index contributed by atoms with van der Waals surface area (Å²) in [5.41, 5.74) is -0.183. The number of alkyl halides is 3. The number of aromatic nitrogens is 3. The summed E-state index contributed by atoms with van der Waals surface area (Å²) in [4.78, 5) is 37.1. The molecule has 0 atom stereocenters. The minimum atomic E-state index is -4.70. The first-order chi connectivity index (χ1) is 19.3. The topological polar surface area (TPSA) is 118 Å². The van der Waals surface area contributed by atoms with Gasteiger partial charge < -0.3 is 20.1 Å².